The molecule has 0 radical (unpaired) electrons. The molecule has 4 rings (SSSR count). The van der Waals surface area contributed by atoms with Gasteiger partial charge in [0.1, 0.15) is 12.3 Å². The summed E-state index contributed by atoms with van der Waals surface area (Å²) in [7, 11) is 0. The summed E-state index contributed by atoms with van der Waals surface area (Å²) in [6, 6.07) is 19.0. The minimum atomic E-state index is -1.27. The molecule has 0 spiro atoms. The number of benzene rings is 3. The molecule has 9 nitrogen and oxygen atoms in total. The topological polar surface area (TPSA) is 148 Å². The van der Waals surface area contributed by atoms with E-state index in [0.29, 0.717) is 24.0 Å². The van der Waals surface area contributed by atoms with Crippen LogP contribution >= 0.6 is 0 Å². The van der Waals surface area contributed by atoms with Gasteiger partial charge >= 0.3 is 5.97 Å². The fraction of sp³-hybridized carbons (Fsp3) is 0.120. The van der Waals surface area contributed by atoms with Gasteiger partial charge in [-0.25, -0.2) is 10.3 Å². The number of amides is 1. The smallest absolute Gasteiger partial charge is 0.326 e. The zero-order valence-electron chi connectivity index (χ0n) is 18.0. The average Bonchev–Trinajstić information content (AvgIpc) is 3.16. The molecule has 4 N–H and O–H groups in total. The lowest BCUT2D eigenvalue weighted by atomic mass is 10.1. The molecule has 1 amide bonds. The Labute approximate surface area is 194 Å². The molecule has 0 aliphatic rings. The Morgan fingerprint density at radius 2 is 1.68 bits per heavy atom. The number of aromatic nitrogens is 1. The van der Waals surface area contributed by atoms with Crippen LogP contribution in [0.1, 0.15) is 27.9 Å². The summed E-state index contributed by atoms with van der Waals surface area (Å²) in [5, 5.41) is 24.5. The molecule has 9 heteroatoms. The molecule has 34 heavy (non-hydrogen) atoms. The van der Waals surface area contributed by atoms with E-state index >= 15 is 0 Å². The van der Waals surface area contributed by atoms with E-state index < -0.39 is 17.9 Å². The summed E-state index contributed by atoms with van der Waals surface area (Å²) >= 11 is 0. The lowest BCUT2D eigenvalue weighted by Crippen LogP contribution is -2.41. The second kappa shape index (κ2) is 9.45. The van der Waals surface area contributed by atoms with Gasteiger partial charge in [-0.1, -0.05) is 30.3 Å². The number of carboxylic acid groups (broad SMARTS) is 1. The summed E-state index contributed by atoms with van der Waals surface area (Å²) < 4.78 is 2.13. The van der Waals surface area contributed by atoms with Crippen molar-refractivity contribution in [1.82, 2.24) is 9.88 Å². The lowest BCUT2D eigenvalue weighted by molar-refractivity contribution is -0.140. The maximum atomic E-state index is 12.4. The number of carbonyl (C=O) groups excluding carboxylic acids is 2. The minimum absolute atomic E-state index is 0.106. The maximum Gasteiger partial charge on any atom is 0.326 e. The fourth-order valence-electron chi connectivity index (χ4n) is 3.94. The van der Waals surface area contributed by atoms with Crippen LogP contribution in [0.15, 0.2) is 71.8 Å². The van der Waals surface area contributed by atoms with Crippen molar-refractivity contribution in [2.75, 3.05) is 0 Å². The second-order valence-electron chi connectivity index (χ2n) is 7.76. The van der Waals surface area contributed by atoms with E-state index in [1.54, 1.807) is 30.3 Å². The first-order valence-electron chi connectivity index (χ1n) is 10.5. The molecule has 3 aromatic carbocycles. The van der Waals surface area contributed by atoms with E-state index in [1.165, 1.54) is 0 Å². The summed E-state index contributed by atoms with van der Waals surface area (Å²) in [5.74, 6) is -1.93. The summed E-state index contributed by atoms with van der Waals surface area (Å²) in [5.41, 5.74) is 10.9. The quantitative estimate of drug-likeness (QED) is 0.138. The first kappa shape index (κ1) is 22.5. The van der Waals surface area contributed by atoms with Crippen molar-refractivity contribution in [1.29, 1.82) is 10.9 Å². The molecule has 1 aromatic heterocycles. The molecule has 0 saturated heterocycles. The number of rotatable bonds is 8. The van der Waals surface area contributed by atoms with Crippen LogP contribution < -0.4 is 5.32 Å². The Morgan fingerprint density at radius 1 is 1.00 bits per heavy atom. The van der Waals surface area contributed by atoms with Crippen LogP contribution in [0.3, 0.4) is 0 Å². The molecule has 0 bridgehead atoms. The van der Waals surface area contributed by atoms with Crippen LogP contribution in [0, 0.1) is 10.9 Å². The largest absolute Gasteiger partial charge is 0.480 e. The van der Waals surface area contributed by atoms with Crippen molar-refractivity contribution in [2.24, 2.45) is 5.11 Å². The average molecular weight is 455 g/mol. The fourth-order valence-corrected chi connectivity index (χ4v) is 3.94. The van der Waals surface area contributed by atoms with Gasteiger partial charge in [0.2, 0.25) is 0 Å². The Balaban J connectivity index is 1.64. The third-order valence-electron chi connectivity index (χ3n) is 5.65. The normalized spacial score (nSPS) is 11.8. The number of hydrogen-bond acceptors (Lipinski definition) is 5. The SMILES string of the molecule is N=NC(=N)c1ccc2c(c1)c1ccccc1n2Cc1ccc(C(=O)N[C@@H](CC=O)C(=O)O)cc1. The summed E-state index contributed by atoms with van der Waals surface area (Å²) in [4.78, 5) is 34.2. The third-order valence-corrected chi connectivity index (χ3v) is 5.65. The predicted octanol–water partition coefficient (Wildman–Crippen LogP) is 3.97. The van der Waals surface area contributed by atoms with Gasteiger partial charge in [0.15, 0.2) is 5.84 Å². The van der Waals surface area contributed by atoms with Crippen LogP contribution in [0.4, 0.5) is 0 Å². The van der Waals surface area contributed by atoms with Gasteiger partial charge in [-0.15, -0.1) is 5.11 Å². The van der Waals surface area contributed by atoms with Crippen molar-refractivity contribution >= 4 is 45.8 Å². The second-order valence-corrected chi connectivity index (χ2v) is 7.76. The summed E-state index contributed by atoms with van der Waals surface area (Å²) in [6.45, 7) is 0.522. The highest BCUT2D eigenvalue weighted by Gasteiger charge is 2.20. The highest BCUT2D eigenvalue weighted by atomic mass is 16.4. The number of carbonyl (C=O) groups is 3. The molecule has 0 aliphatic carbocycles. The number of nitrogens with one attached hydrogen (secondary N) is 3. The van der Waals surface area contributed by atoms with Crippen molar-refractivity contribution in [3.63, 3.8) is 0 Å². The van der Waals surface area contributed by atoms with Crippen LogP contribution in [0.5, 0.6) is 0 Å². The molecular formula is C25H21N5O4. The molecule has 0 saturated carbocycles. The Bertz CT molecular complexity index is 1440. The van der Waals surface area contributed by atoms with E-state index in [0.717, 1.165) is 27.4 Å². The Hall–Kier alpha value is -4.66. The number of amidine groups is 1. The Kier molecular flexibility index (Phi) is 6.26. The molecule has 1 heterocycles. The third kappa shape index (κ3) is 4.31. The first-order chi connectivity index (χ1) is 16.4. The van der Waals surface area contributed by atoms with Gasteiger partial charge in [0, 0.05) is 45.9 Å². The standard InChI is InChI=1S/C25H21N5O4/c26-23(29-27)17-9-10-22-19(13-17)18-3-1-2-4-21(18)30(22)14-15-5-7-16(8-6-15)24(32)28-20(11-12-31)25(33)34/h1-10,12-13,20,26-27H,11,14H2,(H,28,32)(H,33,34)/t20-/m0/s1. The van der Waals surface area contributed by atoms with Gasteiger partial charge in [-0.05, 0) is 42.0 Å². The molecule has 0 unspecified atom stereocenters. The van der Waals surface area contributed by atoms with Gasteiger partial charge in [-0.3, -0.25) is 10.2 Å². The number of aldehydes is 1. The van der Waals surface area contributed by atoms with Crippen molar-refractivity contribution < 1.29 is 19.5 Å². The van der Waals surface area contributed by atoms with Crippen LogP contribution in [-0.4, -0.2) is 39.7 Å². The molecule has 4 aromatic rings. The zero-order chi connectivity index (χ0) is 24.2. The van der Waals surface area contributed by atoms with Crippen molar-refractivity contribution in [2.45, 2.75) is 19.0 Å². The highest BCUT2D eigenvalue weighted by Crippen LogP contribution is 2.30. The summed E-state index contributed by atoms with van der Waals surface area (Å²) in [6.07, 6.45) is 0.158. The van der Waals surface area contributed by atoms with Crippen LogP contribution in [0.2, 0.25) is 0 Å². The minimum Gasteiger partial charge on any atom is -0.480 e. The zero-order valence-corrected chi connectivity index (χ0v) is 18.0. The van der Waals surface area contributed by atoms with Gasteiger partial charge in [-0.2, -0.15) is 0 Å². The monoisotopic (exact) mass is 455 g/mol. The van der Waals surface area contributed by atoms with Crippen molar-refractivity contribution in [3.05, 3.63) is 83.4 Å². The van der Waals surface area contributed by atoms with E-state index in [4.69, 9.17) is 16.0 Å². The van der Waals surface area contributed by atoms with E-state index in [9.17, 15) is 14.4 Å². The number of nitrogens with zero attached hydrogens (tertiary/aromatic N) is 2. The number of hydrogen-bond donors (Lipinski definition) is 4. The van der Waals surface area contributed by atoms with Crippen LogP contribution in [-0.2, 0) is 16.1 Å². The Morgan fingerprint density at radius 3 is 2.35 bits per heavy atom. The molecular weight excluding hydrogens is 434 g/mol. The van der Waals surface area contributed by atoms with Gasteiger partial charge in [0.25, 0.3) is 5.91 Å². The van der Waals surface area contributed by atoms with E-state index in [2.05, 4.69) is 15.0 Å². The van der Waals surface area contributed by atoms with Gasteiger partial charge < -0.3 is 19.8 Å². The number of carboxylic acids is 1. The van der Waals surface area contributed by atoms with E-state index in [1.807, 2.05) is 36.4 Å². The molecule has 170 valence electrons. The highest BCUT2D eigenvalue weighted by molar-refractivity contribution is 6.11. The number of para-hydroxylation sites is 1. The van der Waals surface area contributed by atoms with Gasteiger partial charge in [0.05, 0.1) is 0 Å². The molecule has 0 fully saturated rings. The maximum absolute atomic E-state index is 12.4. The lowest BCUT2D eigenvalue weighted by Gasteiger charge is -2.12. The number of aliphatic carboxylic acids is 1. The first-order valence-corrected chi connectivity index (χ1v) is 10.5. The number of fused-ring (bicyclic) bond motifs is 3. The van der Waals surface area contributed by atoms with Crippen molar-refractivity contribution in [3.8, 4) is 0 Å². The van der Waals surface area contributed by atoms with Crippen LogP contribution in [0.25, 0.3) is 21.8 Å². The predicted molar refractivity (Wildman–Crippen MR) is 127 cm³/mol. The molecule has 0 aliphatic heterocycles. The molecule has 1 atom stereocenters. The van der Waals surface area contributed by atoms with E-state index in [-0.39, 0.29) is 12.3 Å².